The fraction of sp³-hybridized carbons (Fsp3) is 0.440. The van der Waals surface area contributed by atoms with E-state index in [9.17, 15) is 9.59 Å². The Morgan fingerprint density at radius 3 is 2.72 bits per heavy atom. The van der Waals surface area contributed by atoms with Crippen molar-refractivity contribution in [2.75, 3.05) is 31.1 Å². The second-order valence-corrected chi connectivity index (χ2v) is 9.18. The minimum absolute atomic E-state index is 0.0167. The number of carbonyl (C=O) groups is 2. The molecule has 2 atom stereocenters. The molecule has 7 heteroatoms. The summed E-state index contributed by atoms with van der Waals surface area (Å²) in [5.74, 6) is 0.563. The number of anilines is 1. The van der Waals surface area contributed by atoms with Crippen LogP contribution < -0.4 is 15.0 Å². The first-order chi connectivity index (χ1) is 15.4. The normalized spacial score (nSPS) is 20.3. The number of aryl methyl sites for hydroxylation is 1. The van der Waals surface area contributed by atoms with Gasteiger partial charge in [-0.25, -0.2) is 4.79 Å². The van der Waals surface area contributed by atoms with Gasteiger partial charge in [-0.3, -0.25) is 9.69 Å². The van der Waals surface area contributed by atoms with E-state index in [2.05, 4.69) is 5.32 Å². The fourth-order valence-corrected chi connectivity index (χ4v) is 4.52. The highest BCUT2D eigenvalue weighted by atomic mass is 35.5. The van der Waals surface area contributed by atoms with E-state index >= 15 is 0 Å². The lowest BCUT2D eigenvalue weighted by Crippen LogP contribution is -2.53. The molecule has 0 spiro atoms. The highest BCUT2D eigenvalue weighted by Gasteiger charge is 2.34. The number of ether oxygens (including phenoxy) is 1. The zero-order valence-electron chi connectivity index (χ0n) is 18.6. The van der Waals surface area contributed by atoms with Crippen molar-refractivity contribution >= 4 is 29.2 Å². The second-order valence-electron chi connectivity index (χ2n) is 8.75. The van der Waals surface area contributed by atoms with Crippen molar-refractivity contribution in [2.24, 2.45) is 5.92 Å². The quantitative estimate of drug-likeness (QED) is 0.742. The van der Waals surface area contributed by atoms with E-state index in [1.54, 1.807) is 4.90 Å². The number of nitrogens with zero attached hydrogens (tertiary/aromatic N) is 2. The highest BCUT2D eigenvalue weighted by Crippen LogP contribution is 2.35. The van der Waals surface area contributed by atoms with E-state index in [0.29, 0.717) is 31.2 Å². The first-order valence-corrected chi connectivity index (χ1v) is 11.6. The van der Waals surface area contributed by atoms with Crippen molar-refractivity contribution in [3.63, 3.8) is 0 Å². The van der Waals surface area contributed by atoms with E-state index in [1.807, 2.05) is 61.2 Å². The molecule has 0 saturated carbocycles. The molecule has 2 aliphatic rings. The Morgan fingerprint density at radius 2 is 1.94 bits per heavy atom. The Labute approximate surface area is 194 Å². The van der Waals surface area contributed by atoms with E-state index < -0.39 is 0 Å². The second kappa shape index (κ2) is 9.82. The van der Waals surface area contributed by atoms with Gasteiger partial charge in [0.05, 0.1) is 18.2 Å². The van der Waals surface area contributed by atoms with Gasteiger partial charge in [-0.2, -0.15) is 0 Å². The molecule has 1 saturated heterocycles. The molecular weight excluding hydrogens is 426 g/mol. The van der Waals surface area contributed by atoms with Crippen molar-refractivity contribution in [1.29, 1.82) is 0 Å². The topological polar surface area (TPSA) is 61.9 Å². The van der Waals surface area contributed by atoms with Gasteiger partial charge in [0.2, 0.25) is 5.91 Å². The van der Waals surface area contributed by atoms with Crippen LogP contribution in [0.15, 0.2) is 42.5 Å². The molecule has 0 aromatic heterocycles. The summed E-state index contributed by atoms with van der Waals surface area (Å²) in [6, 6.07) is 13.5. The lowest BCUT2D eigenvalue weighted by Gasteiger charge is -2.39. The van der Waals surface area contributed by atoms with Crippen LogP contribution in [0, 0.1) is 12.8 Å². The zero-order chi connectivity index (χ0) is 22.7. The van der Waals surface area contributed by atoms with E-state index in [1.165, 1.54) is 0 Å². The zero-order valence-corrected chi connectivity index (χ0v) is 19.4. The van der Waals surface area contributed by atoms with Crippen LogP contribution in [0.1, 0.15) is 30.9 Å². The van der Waals surface area contributed by atoms with Crippen LogP contribution in [0.25, 0.3) is 0 Å². The Hall–Kier alpha value is -2.73. The van der Waals surface area contributed by atoms with Gasteiger partial charge < -0.3 is 15.0 Å². The fourth-order valence-electron chi connectivity index (χ4n) is 4.39. The number of carbonyl (C=O) groups excluding carboxylic acids is 2. The minimum Gasteiger partial charge on any atom is -0.487 e. The molecule has 0 radical (unpaired) electrons. The number of fused-ring (bicyclic) bond motifs is 1. The molecule has 1 fully saturated rings. The molecule has 4 rings (SSSR count). The molecule has 2 aliphatic heterocycles. The number of nitrogens with one attached hydrogen (secondary N) is 1. The van der Waals surface area contributed by atoms with Crippen molar-refractivity contribution in [1.82, 2.24) is 10.2 Å². The summed E-state index contributed by atoms with van der Waals surface area (Å²) in [7, 11) is 0. The van der Waals surface area contributed by atoms with E-state index in [4.69, 9.17) is 16.3 Å². The molecule has 1 N–H and O–H groups in total. The van der Waals surface area contributed by atoms with Gasteiger partial charge in [-0.15, -0.1) is 0 Å². The Balaban J connectivity index is 1.36. The van der Waals surface area contributed by atoms with E-state index in [0.717, 1.165) is 41.8 Å². The minimum atomic E-state index is -0.187. The molecule has 0 bridgehead atoms. The number of urea groups is 1. The van der Waals surface area contributed by atoms with Crippen LogP contribution in [0.5, 0.6) is 5.75 Å². The number of likely N-dealkylation sites (tertiary alicyclic amines) is 1. The van der Waals surface area contributed by atoms with Gasteiger partial charge in [-0.1, -0.05) is 29.8 Å². The molecular formula is C25H30ClN3O3. The van der Waals surface area contributed by atoms with Crippen LogP contribution in [-0.4, -0.2) is 49.1 Å². The molecule has 2 heterocycles. The maximum Gasteiger partial charge on any atom is 0.324 e. The number of halogens is 1. The molecule has 3 amide bonds. The van der Waals surface area contributed by atoms with Gasteiger partial charge in [0.1, 0.15) is 11.9 Å². The maximum atomic E-state index is 13.4. The van der Waals surface area contributed by atoms with Crippen molar-refractivity contribution < 1.29 is 14.3 Å². The molecule has 32 heavy (non-hydrogen) atoms. The third-order valence-electron chi connectivity index (χ3n) is 6.09. The number of rotatable bonds is 4. The molecule has 6 nitrogen and oxygen atoms in total. The third-order valence-corrected chi connectivity index (χ3v) is 6.34. The third kappa shape index (κ3) is 5.18. The molecule has 0 unspecified atom stereocenters. The summed E-state index contributed by atoms with van der Waals surface area (Å²) in [6.07, 6.45) is 2.29. The van der Waals surface area contributed by atoms with Gasteiger partial charge >= 0.3 is 6.03 Å². The van der Waals surface area contributed by atoms with Crippen molar-refractivity contribution in [3.05, 3.63) is 58.6 Å². The number of amides is 3. The standard InChI is InChI=1S/C25H30ClN3O3/c1-17-5-10-23-22(14-17)29(15-18(2)32-23)25(31)28-13-3-4-20(16-28)24(30)27-12-11-19-6-8-21(26)9-7-19/h5-10,14,18,20H,3-4,11-13,15-16H2,1-2H3,(H,27,30)/t18-,20-/m1/s1. The van der Waals surface area contributed by atoms with E-state index in [-0.39, 0.29) is 24.0 Å². The number of piperidine rings is 1. The van der Waals surface area contributed by atoms with Crippen LogP contribution in [0.2, 0.25) is 5.02 Å². The number of hydrogen-bond donors (Lipinski definition) is 1. The lowest BCUT2D eigenvalue weighted by atomic mass is 9.97. The smallest absolute Gasteiger partial charge is 0.324 e. The highest BCUT2D eigenvalue weighted by molar-refractivity contribution is 6.30. The monoisotopic (exact) mass is 455 g/mol. The van der Waals surface area contributed by atoms with Gasteiger partial charge in [-0.05, 0) is 68.5 Å². The first kappa shape index (κ1) is 22.5. The Morgan fingerprint density at radius 1 is 1.16 bits per heavy atom. The van der Waals surface area contributed by atoms with Crippen molar-refractivity contribution in [3.8, 4) is 5.75 Å². The molecule has 2 aromatic rings. The molecule has 170 valence electrons. The van der Waals surface area contributed by atoms with Crippen LogP contribution >= 0.6 is 11.6 Å². The SMILES string of the molecule is Cc1ccc2c(c1)N(C(=O)N1CCC[C@@H](C(=O)NCCc3ccc(Cl)cc3)C1)C[C@@H](C)O2. The van der Waals surface area contributed by atoms with Gasteiger partial charge in [0.15, 0.2) is 0 Å². The summed E-state index contributed by atoms with van der Waals surface area (Å²) >= 11 is 5.92. The maximum absolute atomic E-state index is 13.4. The predicted molar refractivity (Wildman–Crippen MR) is 126 cm³/mol. The first-order valence-electron chi connectivity index (χ1n) is 11.3. The largest absolute Gasteiger partial charge is 0.487 e. The summed E-state index contributed by atoms with van der Waals surface area (Å²) in [5.41, 5.74) is 3.02. The number of benzene rings is 2. The van der Waals surface area contributed by atoms with Gasteiger partial charge in [0, 0.05) is 24.7 Å². The molecule has 2 aromatic carbocycles. The van der Waals surface area contributed by atoms with Gasteiger partial charge in [0.25, 0.3) is 0 Å². The average molecular weight is 456 g/mol. The predicted octanol–water partition coefficient (Wildman–Crippen LogP) is 4.43. The lowest BCUT2D eigenvalue weighted by molar-refractivity contribution is -0.126. The Kier molecular flexibility index (Phi) is 6.89. The van der Waals surface area contributed by atoms with Crippen LogP contribution in [-0.2, 0) is 11.2 Å². The van der Waals surface area contributed by atoms with Crippen molar-refractivity contribution in [2.45, 2.75) is 39.2 Å². The summed E-state index contributed by atoms with van der Waals surface area (Å²) in [6.45, 7) is 6.16. The van der Waals surface area contributed by atoms with Crippen LogP contribution in [0.4, 0.5) is 10.5 Å². The summed E-state index contributed by atoms with van der Waals surface area (Å²) < 4.78 is 5.92. The summed E-state index contributed by atoms with van der Waals surface area (Å²) in [5, 5.41) is 3.75. The average Bonchev–Trinajstić information content (AvgIpc) is 2.79. The number of hydrogen-bond acceptors (Lipinski definition) is 3. The van der Waals surface area contributed by atoms with Crippen LogP contribution in [0.3, 0.4) is 0 Å². The Bertz CT molecular complexity index is 979. The molecule has 0 aliphatic carbocycles. The summed E-state index contributed by atoms with van der Waals surface area (Å²) in [4.78, 5) is 29.8.